The molecule has 1 aromatic rings. The Morgan fingerprint density at radius 3 is 2.63 bits per heavy atom. The molecule has 0 aromatic heterocycles. The van der Waals surface area contributed by atoms with Gasteiger partial charge < -0.3 is 10.1 Å². The molecule has 108 valence electrons. The van der Waals surface area contributed by atoms with Gasteiger partial charge in [-0.25, -0.2) is 8.42 Å². The molecule has 0 atom stereocenters. The summed E-state index contributed by atoms with van der Waals surface area (Å²) in [6.45, 7) is 3.75. The van der Waals surface area contributed by atoms with Gasteiger partial charge in [0.05, 0.1) is 11.5 Å². The summed E-state index contributed by atoms with van der Waals surface area (Å²) in [5.41, 5.74) is 0.772. The van der Waals surface area contributed by atoms with Gasteiger partial charge in [-0.15, -0.1) is 0 Å². The molecule has 6 heteroatoms. The summed E-state index contributed by atoms with van der Waals surface area (Å²) in [5, 5.41) is 2.98. The lowest BCUT2D eigenvalue weighted by Gasteiger charge is -2.19. The Bertz CT molecular complexity index is 488. The quantitative estimate of drug-likeness (QED) is 0.726. The molecular weight excluding hydrogens is 264 g/mol. The van der Waals surface area contributed by atoms with E-state index in [-0.39, 0.29) is 0 Å². The second kappa shape index (κ2) is 7.59. The molecule has 0 saturated heterocycles. The third-order valence-electron chi connectivity index (χ3n) is 2.78. The minimum atomic E-state index is -3.46. The van der Waals surface area contributed by atoms with Crippen LogP contribution in [0.5, 0.6) is 0 Å². The monoisotopic (exact) mass is 286 g/mol. The van der Waals surface area contributed by atoms with Crippen LogP contribution >= 0.6 is 0 Å². The summed E-state index contributed by atoms with van der Waals surface area (Å²) in [7, 11) is -0.0912. The molecule has 0 bridgehead atoms. The van der Waals surface area contributed by atoms with Crippen LogP contribution in [0.15, 0.2) is 29.2 Å². The van der Waals surface area contributed by atoms with Crippen molar-refractivity contribution in [3.8, 4) is 0 Å². The highest BCUT2D eigenvalue weighted by atomic mass is 32.2. The number of nitrogens with zero attached hydrogens (tertiary/aromatic N) is 1. The highest BCUT2D eigenvalue weighted by Gasteiger charge is 2.22. The first-order valence-corrected chi connectivity index (χ1v) is 7.74. The Balaban J connectivity index is 2.93. The number of rotatable bonds is 8. The van der Waals surface area contributed by atoms with Gasteiger partial charge in [-0.2, -0.15) is 4.31 Å². The molecule has 0 radical (unpaired) electrons. The van der Waals surface area contributed by atoms with Crippen LogP contribution < -0.4 is 5.32 Å². The van der Waals surface area contributed by atoms with Crippen molar-refractivity contribution in [2.75, 3.05) is 33.9 Å². The Morgan fingerprint density at radius 2 is 2.00 bits per heavy atom. The molecule has 0 aliphatic heterocycles. The van der Waals surface area contributed by atoms with Crippen molar-refractivity contribution in [2.45, 2.75) is 18.4 Å². The molecular formula is C13H22N2O3S. The fourth-order valence-electron chi connectivity index (χ4n) is 1.72. The molecule has 1 aromatic carbocycles. The molecule has 5 nitrogen and oxygen atoms in total. The van der Waals surface area contributed by atoms with E-state index in [4.69, 9.17) is 4.74 Å². The zero-order valence-electron chi connectivity index (χ0n) is 11.7. The topological polar surface area (TPSA) is 58.6 Å². The molecule has 0 fully saturated rings. The van der Waals surface area contributed by atoms with E-state index in [1.165, 1.54) is 4.31 Å². The predicted molar refractivity (Wildman–Crippen MR) is 75.5 cm³/mol. The first kappa shape index (κ1) is 16.1. The van der Waals surface area contributed by atoms with E-state index >= 15 is 0 Å². The van der Waals surface area contributed by atoms with E-state index in [0.29, 0.717) is 31.2 Å². The van der Waals surface area contributed by atoms with Gasteiger partial charge in [0.1, 0.15) is 0 Å². The van der Waals surface area contributed by atoms with E-state index < -0.39 is 10.0 Å². The summed E-state index contributed by atoms with van der Waals surface area (Å²) in [4.78, 5) is 0.350. The second-order valence-corrected chi connectivity index (χ2v) is 6.17. The Hall–Kier alpha value is -0.950. The zero-order chi connectivity index (χ0) is 14.3. The van der Waals surface area contributed by atoms with Crippen molar-refractivity contribution in [3.05, 3.63) is 29.8 Å². The minimum Gasteiger partial charge on any atom is -0.380 e. The number of sulfonamides is 1. The van der Waals surface area contributed by atoms with Crippen LogP contribution in [0.2, 0.25) is 0 Å². The number of hydrogen-bond acceptors (Lipinski definition) is 4. The molecule has 0 heterocycles. The molecule has 0 unspecified atom stereocenters. The van der Waals surface area contributed by atoms with Crippen LogP contribution in [0, 0.1) is 0 Å². The number of benzene rings is 1. The van der Waals surface area contributed by atoms with E-state index in [0.717, 1.165) is 5.56 Å². The highest BCUT2D eigenvalue weighted by Crippen LogP contribution is 2.19. The zero-order valence-corrected chi connectivity index (χ0v) is 12.5. The number of nitrogens with one attached hydrogen (secondary N) is 1. The van der Waals surface area contributed by atoms with Crippen molar-refractivity contribution in [1.82, 2.24) is 9.62 Å². The van der Waals surface area contributed by atoms with Crippen LogP contribution in [0.3, 0.4) is 0 Å². The van der Waals surface area contributed by atoms with Gasteiger partial charge in [0, 0.05) is 26.7 Å². The number of ether oxygens (including phenoxy) is 1. The summed E-state index contributed by atoms with van der Waals surface area (Å²) < 4.78 is 31.5. The summed E-state index contributed by atoms with van der Waals surface area (Å²) in [6.07, 6.45) is 0. The van der Waals surface area contributed by atoms with Gasteiger partial charge >= 0.3 is 0 Å². The smallest absolute Gasteiger partial charge is 0.243 e. The second-order valence-electron chi connectivity index (χ2n) is 4.16. The molecule has 0 spiro atoms. The normalized spacial score (nSPS) is 12.0. The van der Waals surface area contributed by atoms with Crippen LogP contribution in [0.25, 0.3) is 0 Å². The minimum absolute atomic E-state index is 0.350. The maximum Gasteiger partial charge on any atom is 0.243 e. The fourth-order valence-corrected chi connectivity index (χ4v) is 3.09. The van der Waals surface area contributed by atoms with Gasteiger partial charge in [0.2, 0.25) is 10.0 Å². The molecule has 0 amide bonds. The van der Waals surface area contributed by atoms with E-state index in [1.54, 1.807) is 26.2 Å². The number of likely N-dealkylation sites (N-methyl/N-ethyl adjacent to an activating group) is 1. The maximum absolute atomic E-state index is 12.5. The highest BCUT2D eigenvalue weighted by molar-refractivity contribution is 7.89. The van der Waals surface area contributed by atoms with Gasteiger partial charge in [-0.1, -0.05) is 18.2 Å². The summed E-state index contributed by atoms with van der Waals surface area (Å²) >= 11 is 0. The van der Waals surface area contributed by atoms with E-state index in [9.17, 15) is 8.42 Å². The lowest BCUT2D eigenvalue weighted by molar-refractivity contribution is 0.138. The predicted octanol–water partition coefficient (Wildman–Crippen LogP) is 1.06. The molecule has 1 N–H and O–H groups in total. The van der Waals surface area contributed by atoms with Gasteiger partial charge in [0.25, 0.3) is 0 Å². The van der Waals surface area contributed by atoms with E-state index in [1.807, 2.05) is 19.1 Å². The number of hydrogen-bond donors (Lipinski definition) is 1. The molecule has 0 saturated carbocycles. The van der Waals surface area contributed by atoms with Crippen LogP contribution in [0.4, 0.5) is 0 Å². The fraction of sp³-hybridized carbons (Fsp3) is 0.538. The largest absolute Gasteiger partial charge is 0.380 e. The SMILES string of the molecule is CCOCCN(C)S(=O)(=O)c1ccccc1CNC. The Morgan fingerprint density at radius 1 is 1.32 bits per heavy atom. The van der Waals surface area contributed by atoms with Crippen molar-refractivity contribution in [1.29, 1.82) is 0 Å². The summed E-state index contributed by atoms with van der Waals surface area (Å²) in [5.74, 6) is 0. The molecule has 1 rings (SSSR count). The lowest BCUT2D eigenvalue weighted by atomic mass is 10.2. The standard InChI is InChI=1S/C13H22N2O3S/c1-4-18-10-9-15(3)19(16,17)13-8-6-5-7-12(13)11-14-2/h5-8,14H,4,9-11H2,1-3H3. The molecule has 0 aliphatic carbocycles. The summed E-state index contributed by atoms with van der Waals surface area (Å²) in [6, 6.07) is 7.03. The van der Waals surface area contributed by atoms with Crippen LogP contribution in [0.1, 0.15) is 12.5 Å². The van der Waals surface area contributed by atoms with Crippen LogP contribution in [-0.4, -0.2) is 46.6 Å². The molecule has 0 aliphatic rings. The van der Waals surface area contributed by atoms with Gasteiger partial charge in [-0.05, 0) is 25.6 Å². The van der Waals surface area contributed by atoms with Crippen LogP contribution in [-0.2, 0) is 21.3 Å². The van der Waals surface area contributed by atoms with Gasteiger partial charge in [-0.3, -0.25) is 0 Å². The maximum atomic E-state index is 12.5. The first-order valence-electron chi connectivity index (χ1n) is 6.30. The van der Waals surface area contributed by atoms with Crippen molar-refractivity contribution in [3.63, 3.8) is 0 Å². The van der Waals surface area contributed by atoms with Crippen molar-refractivity contribution < 1.29 is 13.2 Å². The molecule has 19 heavy (non-hydrogen) atoms. The first-order chi connectivity index (χ1) is 9.04. The third kappa shape index (κ3) is 4.28. The van der Waals surface area contributed by atoms with Gasteiger partial charge in [0.15, 0.2) is 0 Å². The third-order valence-corrected chi connectivity index (χ3v) is 4.74. The Labute approximate surface area is 115 Å². The average Bonchev–Trinajstić information content (AvgIpc) is 2.39. The Kier molecular flexibility index (Phi) is 6.44. The average molecular weight is 286 g/mol. The van der Waals surface area contributed by atoms with Crippen molar-refractivity contribution in [2.24, 2.45) is 0 Å². The lowest BCUT2D eigenvalue weighted by Crippen LogP contribution is -2.31. The van der Waals surface area contributed by atoms with E-state index in [2.05, 4.69) is 5.32 Å². The van der Waals surface area contributed by atoms with Crippen molar-refractivity contribution >= 4 is 10.0 Å².